The number of hydrogen-bond donors (Lipinski definition) is 1. The summed E-state index contributed by atoms with van der Waals surface area (Å²) in [6.07, 6.45) is 1.13. The van der Waals surface area contributed by atoms with Crippen LogP contribution >= 0.6 is 11.3 Å². The van der Waals surface area contributed by atoms with Gasteiger partial charge in [0.15, 0.2) is 0 Å². The van der Waals surface area contributed by atoms with E-state index in [1.807, 2.05) is 41.9 Å². The van der Waals surface area contributed by atoms with E-state index in [1.165, 1.54) is 11.3 Å². The summed E-state index contributed by atoms with van der Waals surface area (Å²) in [6, 6.07) is 13.6. The first-order valence-electron chi connectivity index (χ1n) is 8.98. The number of halogens is 1. The summed E-state index contributed by atoms with van der Waals surface area (Å²) in [5.74, 6) is 0. The van der Waals surface area contributed by atoms with Crippen LogP contribution in [0.2, 0.25) is 0 Å². The average molecular weight is 454 g/mol. The fourth-order valence-electron chi connectivity index (χ4n) is 2.95. The lowest BCUT2D eigenvalue weighted by Gasteiger charge is -2.22. The zero-order valence-electron chi connectivity index (χ0n) is 16.8. The van der Waals surface area contributed by atoms with E-state index in [0.29, 0.717) is 11.4 Å². The molecule has 0 saturated heterocycles. The van der Waals surface area contributed by atoms with Crippen LogP contribution in [-0.4, -0.2) is 27.8 Å². The molecule has 3 rings (SSSR count). The Bertz CT molecular complexity index is 1120. The predicted octanol–water partition coefficient (Wildman–Crippen LogP) is 1.36. The second-order valence-electron chi connectivity index (χ2n) is 6.36. The Morgan fingerprint density at radius 1 is 1.10 bits per heavy atom. The fourth-order valence-corrected chi connectivity index (χ4v) is 4.49. The van der Waals surface area contributed by atoms with E-state index >= 15 is 0 Å². The van der Waals surface area contributed by atoms with Gasteiger partial charge in [-0.3, -0.25) is 4.72 Å². The molecule has 29 heavy (non-hydrogen) atoms. The lowest BCUT2D eigenvalue weighted by Crippen LogP contribution is -3.00. The minimum absolute atomic E-state index is 0. The number of thiazole rings is 1. The number of aryl methyl sites for hydroxylation is 1. The number of para-hydroxylation sites is 1. The number of azo groups is 1. The average Bonchev–Trinajstić information content (AvgIpc) is 2.97. The second kappa shape index (κ2) is 9.51. The van der Waals surface area contributed by atoms with Gasteiger partial charge in [-0.2, -0.15) is 0 Å². The van der Waals surface area contributed by atoms with Gasteiger partial charge in [0.25, 0.3) is 0 Å². The molecule has 0 fully saturated rings. The molecule has 0 radical (unpaired) electrons. The van der Waals surface area contributed by atoms with Gasteiger partial charge in [-0.25, -0.2) is 13.0 Å². The molecule has 0 amide bonds. The van der Waals surface area contributed by atoms with Crippen molar-refractivity contribution in [2.24, 2.45) is 17.3 Å². The first kappa shape index (κ1) is 23.1. The maximum absolute atomic E-state index is 11.8. The van der Waals surface area contributed by atoms with Crippen molar-refractivity contribution in [3.05, 3.63) is 42.5 Å². The molecule has 0 spiro atoms. The molecule has 2 aromatic carbocycles. The van der Waals surface area contributed by atoms with Gasteiger partial charge in [0, 0.05) is 18.8 Å². The van der Waals surface area contributed by atoms with E-state index in [1.54, 1.807) is 12.1 Å². The SMILES string of the molecule is CCN(CC)c1ccc(N=Nc2sc3ccccc3[n+]2C)c(NS(C)(=O)=O)c1.[Cl-]. The molecule has 10 heteroatoms. The second-order valence-corrected chi connectivity index (χ2v) is 9.12. The Hall–Kier alpha value is -2.23. The number of benzene rings is 2. The summed E-state index contributed by atoms with van der Waals surface area (Å²) in [4.78, 5) is 2.14. The van der Waals surface area contributed by atoms with Crippen molar-refractivity contribution in [3.8, 4) is 0 Å². The van der Waals surface area contributed by atoms with Gasteiger partial charge >= 0.3 is 5.13 Å². The molecule has 0 unspecified atom stereocenters. The minimum atomic E-state index is -3.44. The normalized spacial score (nSPS) is 11.6. The highest BCUT2D eigenvalue weighted by molar-refractivity contribution is 7.92. The molecule has 1 N–H and O–H groups in total. The first-order valence-corrected chi connectivity index (χ1v) is 11.7. The number of rotatable bonds is 7. The summed E-state index contributed by atoms with van der Waals surface area (Å²) in [6.45, 7) is 5.77. The van der Waals surface area contributed by atoms with Crippen LogP contribution in [-0.2, 0) is 17.1 Å². The molecule has 3 aromatic rings. The molecule has 0 atom stereocenters. The van der Waals surface area contributed by atoms with Crippen LogP contribution in [0.25, 0.3) is 10.2 Å². The predicted molar refractivity (Wildman–Crippen MR) is 116 cm³/mol. The fraction of sp³-hybridized carbons (Fsp3) is 0.316. The number of nitrogens with zero attached hydrogens (tertiary/aromatic N) is 4. The minimum Gasteiger partial charge on any atom is -1.00 e. The van der Waals surface area contributed by atoms with Crippen LogP contribution in [0.1, 0.15) is 13.8 Å². The quantitative estimate of drug-likeness (QED) is 0.433. The van der Waals surface area contributed by atoms with Crippen LogP contribution in [0, 0.1) is 0 Å². The summed E-state index contributed by atoms with van der Waals surface area (Å²) in [7, 11) is -1.50. The lowest BCUT2D eigenvalue weighted by molar-refractivity contribution is -0.627. The number of nitrogens with one attached hydrogen (secondary N) is 1. The summed E-state index contributed by atoms with van der Waals surface area (Å²) in [5, 5.41) is 9.45. The molecule has 1 heterocycles. The lowest BCUT2D eigenvalue weighted by atomic mass is 10.2. The van der Waals surface area contributed by atoms with E-state index in [-0.39, 0.29) is 12.4 Å². The maximum Gasteiger partial charge on any atom is 0.409 e. The standard InChI is InChI=1S/C19H23N5O2S2.ClH/c1-5-24(6-2)14-11-12-15(16(13-14)22-28(4,25)26)20-21-19-23(3)17-9-7-8-10-18(17)27-19;/h7-13H,5-6H2,1-4H3;1H. The van der Waals surface area contributed by atoms with Crippen molar-refractivity contribution in [1.29, 1.82) is 0 Å². The monoisotopic (exact) mass is 453 g/mol. The van der Waals surface area contributed by atoms with Crippen molar-refractivity contribution in [3.63, 3.8) is 0 Å². The van der Waals surface area contributed by atoms with Crippen molar-refractivity contribution < 1.29 is 25.4 Å². The molecule has 0 aliphatic rings. The van der Waals surface area contributed by atoms with Crippen molar-refractivity contribution in [2.45, 2.75) is 13.8 Å². The van der Waals surface area contributed by atoms with E-state index in [9.17, 15) is 8.42 Å². The van der Waals surface area contributed by atoms with Gasteiger partial charge in [0.2, 0.25) is 10.0 Å². The molecular formula is C19H24ClN5O2S2. The van der Waals surface area contributed by atoms with Crippen LogP contribution in [0.4, 0.5) is 22.2 Å². The Morgan fingerprint density at radius 2 is 1.79 bits per heavy atom. The summed E-state index contributed by atoms with van der Waals surface area (Å²) in [5.41, 5.74) is 2.90. The Labute approximate surface area is 181 Å². The van der Waals surface area contributed by atoms with Crippen molar-refractivity contribution >= 4 is 53.8 Å². The van der Waals surface area contributed by atoms with Gasteiger partial charge in [0.05, 0.1) is 28.8 Å². The largest absolute Gasteiger partial charge is 1.00 e. The number of hydrogen-bond acceptors (Lipinski definition) is 6. The highest BCUT2D eigenvalue weighted by Crippen LogP contribution is 2.33. The highest BCUT2D eigenvalue weighted by Gasteiger charge is 2.17. The third-order valence-electron chi connectivity index (χ3n) is 4.36. The van der Waals surface area contributed by atoms with Crippen LogP contribution in [0.3, 0.4) is 0 Å². The third kappa shape index (κ3) is 5.43. The zero-order chi connectivity index (χ0) is 20.3. The smallest absolute Gasteiger partial charge is 0.409 e. The molecule has 1 aromatic heterocycles. The Balaban J connectivity index is 0.00000300. The van der Waals surface area contributed by atoms with Gasteiger partial charge in [-0.05, 0) is 60.6 Å². The van der Waals surface area contributed by atoms with E-state index in [0.717, 1.165) is 40.4 Å². The van der Waals surface area contributed by atoms with E-state index in [2.05, 4.69) is 33.7 Å². The van der Waals surface area contributed by atoms with E-state index < -0.39 is 10.0 Å². The number of sulfonamides is 1. The molecule has 7 nitrogen and oxygen atoms in total. The number of fused-ring (bicyclic) bond motifs is 1. The Morgan fingerprint density at radius 3 is 2.41 bits per heavy atom. The molecule has 0 saturated carbocycles. The van der Waals surface area contributed by atoms with Crippen LogP contribution in [0.5, 0.6) is 0 Å². The van der Waals surface area contributed by atoms with E-state index in [4.69, 9.17) is 0 Å². The maximum atomic E-state index is 11.8. The van der Waals surface area contributed by atoms with Gasteiger partial charge in [0.1, 0.15) is 11.2 Å². The first-order chi connectivity index (χ1) is 13.3. The molecule has 0 bridgehead atoms. The van der Waals surface area contributed by atoms with Gasteiger partial charge in [-0.15, -0.1) is 0 Å². The number of anilines is 2. The molecule has 156 valence electrons. The topological polar surface area (TPSA) is 78.0 Å². The molecule has 0 aliphatic carbocycles. The highest BCUT2D eigenvalue weighted by atomic mass is 35.5. The Kier molecular flexibility index (Phi) is 7.56. The van der Waals surface area contributed by atoms with Crippen molar-refractivity contribution in [2.75, 3.05) is 29.0 Å². The summed E-state index contributed by atoms with van der Waals surface area (Å²) < 4.78 is 29.3. The third-order valence-corrected chi connectivity index (χ3v) is 6.06. The van der Waals surface area contributed by atoms with Gasteiger partial charge in [-0.1, -0.05) is 12.1 Å². The summed E-state index contributed by atoms with van der Waals surface area (Å²) >= 11 is 1.53. The molecular weight excluding hydrogens is 430 g/mol. The van der Waals surface area contributed by atoms with Crippen LogP contribution in [0.15, 0.2) is 52.7 Å². The number of aromatic nitrogens is 1. The van der Waals surface area contributed by atoms with Crippen LogP contribution < -0.4 is 26.6 Å². The zero-order valence-corrected chi connectivity index (χ0v) is 19.1. The molecule has 0 aliphatic heterocycles. The van der Waals surface area contributed by atoms with Gasteiger partial charge < -0.3 is 17.3 Å². The van der Waals surface area contributed by atoms with Crippen molar-refractivity contribution in [1.82, 2.24) is 0 Å².